The van der Waals surface area contributed by atoms with Crippen molar-refractivity contribution in [3.05, 3.63) is 68.4 Å². The fourth-order valence-electron chi connectivity index (χ4n) is 1.81. The second kappa shape index (κ2) is 5.85. The lowest BCUT2D eigenvalue weighted by Gasteiger charge is -2.07. The van der Waals surface area contributed by atoms with Crippen LogP contribution in [-0.2, 0) is 6.42 Å². The van der Waals surface area contributed by atoms with Gasteiger partial charge in [0.05, 0.1) is 5.02 Å². The van der Waals surface area contributed by atoms with Gasteiger partial charge in [-0.25, -0.2) is 4.39 Å². The molecule has 0 atom stereocenters. The fraction of sp³-hybridized carbons (Fsp3) is 0.133. The van der Waals surface area contributed by atoms with Crippen molar-refractivity contribution in [3.8, 4) is 0 Å². The van der Waals surface area contributed by atoms with Gasteiger partial charge in [-0.1, -0.05) is 39.7 Å². The number of hydrogen-bond donors (Lipinski definition) is 0. The summed E-state index contributed by atoms with van der Waals surface area (Å²) < 4.78 is 13.9. The first-order valence-corrected chi connectivity index (χ1v) is 6.88. The van der Waals surface area contributed by atoms with Gasteiger partial charge in [0.1, 0.15) is 5.82 Å². The van der Waals surface area contributed by atoms with E-state index in [0.717, 1.165) is 5.56 Å². The van der Waals surface area contributed by atoms with Gasteiger partial charge in [-0.05, 0) is 42.3 Å². The molecule has 98 valence electrons. The molecule has 0 saturated heterocycles. The molecule has 2 aromatic carbocycles. The Morgan fingerprint density at radius 2 is 2.05 bits per heavy atom. The maximum atomic E-state index is 13.2. The molecule has 2 rings (SSSR count). The third kappa shape index (κ3) is 3.23. The molecule has 0 aliphatic rings. The van der Waals surface area contributed by atoms with E-state index in [2.05, 4.69) is 15.9 Å². The zero-order chi connectivity index (χ0) is 14.0. The van der Waals surface area contributed by atoms with Crippen molar-refractivity contribution in [2.75, 3.05) is 0 Å². The Bertz CT molecular complexity index is 640. The molecule has 0 bridgehead atoms. The molecule has 0 saturated carbocycles. The summed E-state index contributed by atoms with van der Waals surface area (Å²) in [4.78, 5) is 12.2. The Labute approximate surface area is 124 Å². The molecule has 0 heterocycles. The Kier molecular flexibility index (Phi) is 4.38. The third-order valence-corrected chi connectivity index (χ3v) is 4.13. The van der Waals surface area contributed by atoms with Crippen molar-refractivity contribution in [2.24, 2.45) is 0 Å². The van der Waals surface area contributed by atoms with Gasteiger partial charge in [-0.15, -0.1) is 0 Å². The van der Waals surface area contributed by atoms with Crippen LogP contribution in [0.3, 0.4) is 0 Å². The van der Waals surface area contributed by atoms with Crippen LogP contribution in [0.1, 0.15) is 21.5 Å². The molecule has 0 fully saturated rings. The van der Waals surface area contributed by atoms with Gasteiger partial charge in [-0.2, -0.15) is 0 Å². The molecule has 0 radical (unpaired) electrons. The quantitative estimate of drug-likeness (QED) is 0.720. The van der Waals surface area contributed by atoms with Crippen molar-refractivity contribution in [2.45, 2.75) is 13.3 Å². The zero-order valence-corrected chi connectivity index (χ0v) is 12.6. The van der Waals surface area contributed by atoms with Crippen LogP contribution in [0.25, 0.3) is 0 Å². The molecule has 0 N–H and O–H groups in total. The Morgan fingerprint density at radius 1 is 1.32 bits per heavy atom. The molecule has 0 aliphatic carbocycles. The Balaban J connectivity index is 2.31. The van der Waals surface area contributed by atoms with Crippen LogP contribution in [-0.4, -0.2) is 5.78 Å². The molecular weight excluding hydrogens is 331 g/mol. The molecule has 0 unspecified atom stereocenters. The first kappa shape index (κ1) is 14.2. The van der Waals surface area contributed by atoms with Crippen LogP contribution >= 0.6 is 27.5 Å². The topological polar surface area (TPSA) is 17.1 Å². The summed E-state index contributed by atoms with van der Waals surface area (Å²) in [5, 5.41) is 0.458. The average Bonchev–Trinajstić information content (AvgIpc) is 2.37. The van der Waals surface area contributed by atoms with E-state index in [1.807, 2.05) is 13.0 Å². The maximum absolute atomic E-state index is 13.2. The van der Waals surface area contributed by atoms with Crippen molar-refractivity contribution in [1.82, 2.24) is 0 Å². The number of ketones is 1. The van der Waals surface area contributed by atoms with E-state index in [0.29, 0.717) is 20.6 Å². The number of carbonyl (C=O) groups is 1. The summed E-state index contributed by atoms with van der Waals surface area (Å²) in [7, 11) is 0. The van der Waals surface area contributed by atoms with E-state index in [9.17, 15) is 9.18 Å². The van der Waals surface area contributed by atoms with E-state index in [4.69, 9.17) is 11.6 Å². The molecule has 0 aromatic heterocycles. The van der Waals surface area contributed by atoms with Crippen molar-refractivity contribution < 1.29 is 9.18 Å². The number of hydrogen-bond acceptors (Lipinski definition) is 1. The van der Waals surface area contributed by atoms with Gasteiger partial charge in [0, 0.05) is 16.5 Å². The van der Waals surface area contributed by atoms with Crippen LogP contribution in [0.5, 0.6) is 0 Å². The highest BCUT2D eigenvalue weighted by Crippen LogP contribution is 2.24. The van der Waals surface area contributed by atoms with Crippen molar-refractivity contribution in [3.63, 3.8) is 0 Å². The first-order valence-electron chi connectivity index (χ1n) is 5.71. The molecule has 2 aromatic rings. The summed E-state index contributed by atoms with van der Waals surface area (Å²) in [6, 6.07) is 9.61. The van der Waals surface area contributed by atoms with E-state index in [-0.39, 0.29) is 18.0 Å². The standard InChI is InChI=1S/C15H11BrClFO/c1-9-3-2-4-12(15(9)17)14(19)8-10-7-11(18)5-6-13(10)16/h2-7H,8H2,1H3. The smallest absolute Gasteiger partial charge is 0.168 e. The molecule has 4 heteroatoms. The minimum absolute atomic E-state index is 0.113. The van der Waals surface area contributed by atoms with Gasteiger partial charge in [0.25, 0.3) is 0 Å². The monoisotopic (exact) mass is 340 g/mol. The van der Waals surface area contributed by atoms with Gasteiger partial charge in [0.2, 0.25) is 0 Å². The predicted octanol–water partition coefficient (Wildman–Crippen LogP) is 4.98. The Hall–Kier alpha value is -1.19. The summed E-state index contributed by atoms with van der Waals surface area (Å²) in [6.45, 7) is 1.84. The van der Waals surface area contributed by atoms with E-state index in [1.54, 1.807) is 18.2 Å². The lowest BCUT2D eigenvalue weighted by Crippen LogP contribution is -2.06. The highest BCUT2D eigenvalue weighted by atomic mass is 79.9. The minimum Gasteiger partial charge on any atom is -0.294 e. The summed E-state index contributed by atoms with van der Waals surface area (Å²) in [6.07, 6.45) is 0.113. The van der Waals surface area contributed by atoms with E-state index >= 15 is 0 Å². The number of rotatable bonds is 3. The van der Waals surface area contributed by atoms with Gasteiger partial charge in [-0.3, -0.25) is 4.79 Å². The molecular formula is C15H11BrClFO. The third-order valence-electron chi connectivity index (χ3n) is 2.85. The summed E-state index contributed by atoms with van der Waals surface area (Å²) in [5.74, 6) is -0.485. The largest absolute Gasteiger partial charge is 0.294 e. The van der Waals surface area contributed by atoms with Crippen LogP contribution in [0.15, 0.2) is 40.9 Å². The van der Waals surface area contributed by atoms with Crippen LogP contribution in [0, 0.1) is 12.7 Å². The van der Waals surface area contributed by atoms with E-state index < -0.39 is 0 Å². The second-order valence-electron chi connectivity index (χ2n) is 4.27. The Morgan fingerprint density at radius 3 is 2.79 bits per heavy atom. The first-order chi connectivity index (χ1) is 8.99. The van der Waals surface area contributed by atoms with Crippen molar-refractivity contribution in [1.29, 1.82) is 0 Å². The van der Waals surface area contributed by atoms with Crippen LogP contribution in [0.4, 0.5) is 4.39 Å². The van der Waals surface area contributed by atoms with Crippen molar-refractivity contribution >= 4 is 33.3 Å². The van der Waals surface area contributed by atoms with Gasteiger partial charge < -0.3 is 0 Å². The SMILES string of the molecule is Cc1cccc(C(=O)Cc2cc(F)ccc2Br)c1Cl. The summed E-state index contributed by atoms with van der Waals surface area (Å²) >= 11 is 9.43. The highest BCUT2D eigenvalue weighted by Gasteiger charge is 2.14. The highest BCUT2D eigenvalue weighted by molar-refractivity contribution is 9.10. The fourth-order valence-corrected chi connectivity index (χ4v) is 2.43. The normalized spacial score (nSPS) is 10.5. The van der Waals surface area contributed by atoms with E-state index in [1.165, 1.54) is 12.1 Å². The molecule has 0 aliphatic heterocycles. The molecule has 0 spiro atoms. The maximum Gasteiger partial charge on any atom is 0.168 e. The second-order valence-corrected chi connectivity index (χ2v) is 5.50. The molecule has 1 nitrogen and oxygen atoms in total. The average molecular weight is 342 g/mol. The summed E-state index contributed by atoms with van der Waals surface area (Å²) in [5.41, 5.74) is 1.94. The van der Waals surface area contributed by atoms with Gasteiger partial charge >= 0.3 is 0 Å². The van der Waals surface area contributed by atoms with Gasteiger partial charge in [0.15, 0.2) is 5.78 Å². The predicted molar refractivity (Wildman–Crippen MR) is 78.3 cm³/mol. The minimum atomic E-state index is -0.360. The molecule has 0 amide bonds. The van der Waals surface area contributed by atoms with Crippen LogP contribution in [0.2, 0.25) is 5.02 Å². The lowest BCUT2D eigenvalue weighted by atomic mass is 10.0. The number of halogens is 3. The van der Waals surface area contributed by atoms with Crippen LogP contribution < -0.4 is 0 Å². The number of carbonyl (C=O) groups excluding carboxylic acids is 1. The number of benzene rings is 2. The lowest BCUT2D eigenvalue weighted by molar-refractivity contribution is 0.0993. The number of aryl methyl sites for hydroxylation is 1. The molecule has 19 heavy (non-hydrogen) atoms. The zero-order valence-electron chi connectivity index (χ0n) is 10.2. The number of Topliss-reactive ketones (excluding diaryl/α,β-unsaturated/α-hetero) is 1.